The molecule has 1 aromatic heterocycles. The van der Waals surface area contributed by atoms with Gasteiger partial charge in [0.15, 0.2) is 6.61 Å². The number of carbonyl (C=O) groups is 1. The van der Waals surface area contributed by atoms with E-state index in [0.717, 1.165) is 44.0 Å². The van der Waals surface area contributed by atoms with E-state index in [-0.39, 0.29) is 18.4 Å². The van der Waals surface area contributed by atoms with Crippen molar-refractivity contribution in [3.63, 3.8) is 0 Å². The second-order valence-corrected chi connectivity index (χ2v) is 7.51. The fourth-order valence-electron chi connectivity index (χ4n) is 4.14. The average molecular weight is 379 g/mol. The van der Waals surface area contributed by atoms with Crippen molar-refractivity contribution in [1.29, 1.82) is 5.26 Å². The molecule has 28 heavy (non-hydrogen) atoms. The van der Waals surface area contributed by atoms with Crippen LogP contribution in [-0.2, 0) is 17.8 Å². The molecule has 0 radical (unpaired) electrons. The number of aromatic nitrogens is 3. The van der Waals surface area contributed by atoms with Crippen LogP contribution >= 0.6 is 0 Å². The largest absolute Gasteiger partial charge is 0.482 e. The van der Waals surface area contributed by atoms with Gasteiger partial charge in [0.1, 0.15) is 23.5 Å². The molecule has 0 N–H and O–H groups in total. The number of fused-ring (bicyclic) bond motifs is 1. The van der Waals surface area contributed by atoms with Gasteiger partial charge in [0, 0.05) is 32.0 Å². The number of ether oxygens (including phenoxy) is 1. The van der Waals surface area contributed by atoms with Crippen LogP contribution in [0.2, 0.25) is 0 Å². The zero-order valence-electron chi connectivity index (χ0n) is 16.0. The van der Waals surface area contributed by atoms with Gasteiger partial charge in [-0.1, -0.05) is 18.6 Å². The highest BCUT2D eigenvalue weighted by molar-refractivity contribution is 5.78. The molecule has 1 aromatic carbocycles. The minimum Gasteiger partial charge on any atom is -0.482 e. The van der Waals surface area contributed by atoms with E-state index in [2.05, 4.69) is 20.8 Å². The van der Waals surface area contributed by atoms with Crippen LogP contribution in [0.1, 0.15) is 55.2 Å². The van der Waals surface area contributed by atoms with E-state index in [4.69, 9.17) is 10.00 Å². The summed E-state index contributed by atoms with van der Waals surface area (Å²) in [4.78, 5) is 14.6. The van der Waals surface area contributed by atoms with Gasteiger partial charge in [-0.2, -0.15) is 5.26 Å². The van der Waals surface area contributed by atoms with Gasteiger partial charge in [-0.15, -0.1) is 10.2 Å². The van der Waals surface area contributed by atoms with Crippen molar-refractivity contribution >= 4 is 5.91 Å². The lowest BCUT2D eigenvalue weighted by atomic mass is 9.97. The first-order valence-corrected chi connectivity index (χ1v) is 10.1. The lowest BCUT2D eigenvalue weighted by Gasteiger charge is -2.32. The topological polar surface area (TPSA) is 84.0 Å². The van der Waals surface area contributed by atoms with Gasteiger partial charge in [0.2, 0.25) is 0 Å². The highest BCUT2D eigenvalue weighted by Crippen LogP contribution is 2.28. The van der Waals surface area contributed by atoms with E-state index in [1.807, 2.05) is 4.90 Å². The minimum absolute atomic E-state index is 0.0481. The second kappa shape index (κ2) is 8.42. The van der Waals surface area contributed by atoms with Crippen molar-refractivity contribution in [1.82, 2.24) is 19.7 Å². The molecule has 0 aliphatic carbocycles. The highest BCUT2D eigenvalue weighted by atomic mass is 16.5. The Morgan fingerprint density at radius 1 is 1.18 bits per heavy atom. The number of para-hydroxylation sites is 1. The van der Waals surface area contributed by atoms with Gasteiger partial charge in [0.25, 0.3) is 5.91 Å². The van der Waals surface area contributed by atoms with Gasteiger partial charge in [0.05, 0.1) is 5.56 Å². The van der Waals surface area contributed by atoms with E-state index in [0.29, 0.717) is 17.9 Å². The summed E-state index contributed by atoms with van der Waals surface area (Å²) in [7, 11) is 0. The van der Waals surface area contributed by atoms with Crippen LogP contribution in [0.3, 0.4) is 0 Å². The van der Waals surface area contributed by atoms with Gasteiger partial charge < -0.3 is 14.2 Å². The van der Waals surface area contributed by atoms with E-state index < -0.39 is 0 Å². The number of nitrogens with zero attached hydrogens (tertiary/aromatic N) is 5. The van der Waals surface area contributed by atoms with Gasteiger partial charge >= 0.3 is 0 Å². The van der Waals surface area contributed by atoms with Crippen LogP contribution in [0.25, 0.3) is 0 Å². The lowest BCUT2D eigenvalue weighted by Crippen LogP contribution is -2.42. The number of hydrogen-bond acceptors (Lipinski definition) is 5. The molecule has 1 amide bonds. The third-order valence-corrected chi connectivity index (χ3v) is 5.64. The van der Waals surface area contributed by atoms with Crippen molar-refractivity contribution in [3.8, 4) is 11.8 Å². The summed E-state index contributed by atoms with van der Waals surface area (Å²) in [5, 5.41) is 18.0. The third kappa shape index (κ3) is 3.86. The average Bonchev–Trinajstić information content (AvgIpc) is 3.00. The van der Waals surface area contributed by atoms with Crippen molar-refractivity contribution < 1.29 is 9.53 Å². The predicted molar refractivity (Wildman–Crippen MR) is 103 cm³/mol. The SMILES string of the molecule is N#Cc1ccccc1OCC(=O)N1CCCC(c2nnc3n2CCCCC3)C1. The summed E-state index contributed by atoms with van der Waals surface area (Å²) in [6, 6.07) is 9.08. The number of piperidine rings is 1. The Morgan fingerprint density at radius 3 is 2.96 bits per heavy atom. The molecule has 4 rings (SSSR count). The molecule has 1 saturated heterocycles. The maximum Gasteiger partial charge on any atom is 0.260 e. The molecule has 2 aliphatic rings. The summed E-state index contributed by atoms with van der Waals surface area (Å²) in [5.74, 6) is 2.75. The first-order valence-electron chi connectivity index (χ1n) is 10.1. The fourth-order valence-corrected chi connectivity index (χ4v) is 4.14. The molecular weight excluding hydrogens is 354 g/mol. The smallest absolute Gasteiger partial charge is 0.260 e. The van der Waals surface area contributed by atoms with Gasteiger partial charge in [-0.3, -0.25) is 4.79 Å². The number of nitriles is 1. The van der Waals surface area contributed by atoms with Crippen LogP contribution in [-0.4, -0.2) is 45.3 Å². The zero-order valence-corrected chi connectivity index (χ0v) is 16.0. The molecule has 2 aliphatic heterocycles. The molecule has 0 bridgehead atoms. The van der Waals surface area contributed by atoms with Crippen molar-refractivity contribution in [2.45, 2.75) is 51.0 Å². The molecule has 2 aromatic rings. The quantitative estimate of drug-likeness (QED) is 0.815. The molecule has 0 spiro atoms. The van der Waals surface area contributed by atoms with E-state index in [1.165, 1.54) is 19.3 Å². The standard InChI is InChI=1S/C21H25N5O2/c22-13-16-7-3-4-9-18(16)28-15-20(27)25-11-6-8-17(14-25)21-24-23-19-10-2-1-5-12-26(19)21/h3-4,7,9,17H,1-2,5-6,8,10-12,14-15H2. The Balaban J connectivity index is 1.41. The number of hydrogen-bond donors (Lipinski definition) is 0. The molecule has 1 fully saturated rings. The van der Waals surface area contributed by atoms with Crippen molar-refractivity contribution in [3.05, 3.63) is 41.5 Å². The highest BCUT2D eigenvalue weighted by Gasteiger charge is 2.29. The summed E-state index contributed by atoms with van der Waals surface area (Å²) in [6.45, 7) is 2.32. The Labute approximate surface area is 164 Å². The van der Waals surface area contributed by atoms with Gasteiger partial charge in [-0.25, -0.2) is 0 Å². The molecular formula is C21H25N5O2. The first kappa shape index (κ1) is 18.5. The van der Waals surface area contributed by atoms with Crippen LogP contribution in [0.4, 0.5) is 0 Å². The monoisotopic (exact) mass is 379 g/mol. The van der Waals surface area contributed by atoms with Crippen LogP contribution in [0.5, 0.6) is 5.75 Å². The molecule has 1 unspecified atom stereocenters. The molecule has 1 atom stereocenters. The third-order valence-electron chi connectivity index (χ3n) is 5.64. The van der Waals surface area contributed by atoms with Crippen molar-refractivity contribution in [2.75, 3.05) is 19.7 Å². The molecule has 0 saturated carbocycles. The molecule has 3 heterocycles. The number of carbonyl (C=O) groups excluding carboxylic acids is 1. The molecule has 7 heteroatoms. The Hall–Kier alpha value is -2.88. The van der Waals surface area contributed by atoms with E-state index in [1.54, 1.807) is 24.3 Å². The van der Waals surface area contributed by atoms with Crippen LogP contribution < -0.4 is 4.74 Å². The van der Waals surface area contributed by atoms with Crippen LogP contribution in [0, 0.1) is 11.3 Å². The normalized spacial score (nSPS) is 19.4. The van der Waals surface area contributed by atoms with Gasteiger partial charge in [-0.05, 0) is 37.8 Å². The minimum atomic E-state index is -0.0522. The lowest BCUT2D eigenvalue weighted by molar-refractivity contribution is -0.134. The number of rotatable bonds is 4. The summed E-state index contributed by atoms with van der Waals surface area (Å²) in [5.41, 5.74) is 0.443. The number of likely N-dealkylation sites (tertiary alicyclic amines) is 1. The summed E-state index contributed by atoms with van der Waals surface area (Å²) < 4.78 is 7.91. The maximum absolute atomic E-state index is 12.7. The number of aryl methyl sites for hydroxylation is 1. The second-order valence-electron chi connectivity index (χ2n) is 7.51. The number of benzene rings is 1. The Morgan fingerprint density at radius 2 is 2.07 bits per heavy atom. The fraction of sp³-hybridized carbons (Fsp3) is 0.524. The first-order chi connectivity index (χ1) is 13.8. The van der Waals surface area contributed by atoms with Crippen molar-refractivity contribution in [2.24, 2.45) is 0 Å². The zero-order chi connectivity index (χ0) is 19.3. The van der Waals surface area contributed by atoms with Crippen LogP contribution in [0.15, 0.2) is 24.3 Å². The maximum atomic E-state index is 12.7. The van der Waals surface area contributed by atoms with E-state index >= 15 is 0 Å². The predicted octanol–water partition coefficient (Wildman–Crippen LogP) is 2.66. The summed E-state index contributed by atoms with van der Waals surface area (Å²) >= 11 is 0. The summed E-state index contributed by atoms with van der Waals surface area (Å²) in [6.07, 6.45) is 6.55. The van der Waals surface area contributed by atoms with E-state index in [9.17, 15) is 4.79 Å². The Kier molecular flexibility index (Phi) is 5.56. The number of amides is 1. The molecule has 146 valence electrons. The molecule has 7 nitrogen and oxygen atoms in total. The Bertz CT molecular complexity index is 885.